The summed E-state index contributed by atoms with van der Waals surface area (Å²) in [5, 5.41) is 28.4. The Kier molecular flexibility index (Phi) is 18.6. The number of methoxy groups -OCH3 is 2. The average Bonchev–Trinajstić information content (AvgIpc) is 3.14. The third-order valence-electron chi connectivity index (χ3n) is 8.92. The van der Waals surface area contributed by atoms with Crippen LogP contribution < -0.4 is 0 Å². The maximum absolute atomic E-state index is 15.1. The van der Waals surface area contributed by atoms with Crippen molar-refractivity contribution in [2.75, 3.05) is 66.7 Å². The van der Waals surface area contributed by atoms with Gasteiger partial charge in [0, 0.05) is 66.3 Å². The van der Waals surface area contributed by atoms with E-state index in [1.807, 2.05) is 47.6 Å². The van der Waals surface area contributed by atoms with Crippen LogP contribution >= 0.6 is 11.4 Å². The highest BCUT2D eigenvalue weighted by Gasteiger charge is 2.39. The number of ether oxygens (including phenoxy) is 4. The molecule has 0 radical (unpaired) electrons. The number of carbonyl (C=O) groups excluding carboxylic acids is 2. The molecule has 0 aliphatic carbocycles. The minimum Gasteiger partial charge on any atom is -0.444 e. The fourth-order valence-corrected chi connectivity index (χ4v) is 6.30. The number of nitrogens with zero attached hydrogens (tertiary/aromatic N) is 5. The number of carbonyl (C=O) groups is 2. The molecule has 2 aromatic carbocycles. The van der Waals surface area contributed by atoms with Crippen LogP contribution in [0.15, 0.2) is 48.5 Å². The minimum atomic E-state index is -5.14. The quantitative estimate of drug-likeness (QED) is 0.244. The standard InChI is InChI=1S/C17H21FN2O2.C17H22N2O3.C6H14F3NO2S/c1-16(2,3)22-15(21)20-10-8-17(18,9-11-20)14-6-4-13(12-19)5-7-14;1-16(2,3)22-15(20)19-10-8-17(21,9-11-19)14-6-4-13(12-18)5-7-14;1-11-5-3-10(4-6-12-2)13(7,8)9/h4-7H,8-11H2,1-3H3;4-7,21H,8-11H2,1-3H3;3-6H2,1-2H3. The van der Waals surface area contributed by atoms with Crippen molar-refractivity contribution in [1.82, 2.24) is 14.1 Å². The molecule has 2 fully saturated rings. The summed E-state index contributed by atoms with van der Waals surface area (Å²) in [5.74, 6) is 0. The summed E-state index contributed by atoms with van der Waals surface area (Å²) in [4.78, 5) is 27.2. The van der Waals surface area contributed by atoms with Gasteiger partial charge in [0.05, 0.1) is 42.1 Å². The number of rotatable bonds is 9. The van der Waals surface area contributed by atoms with Crippen LogP contribution in [0.5, 0.6) is 0 Å². The molecule has 2 aliphatic rings. The van der Waals surface area contributed by atoms with E-state index in [4.69, 9.17) is 20.0 Å². The average molecular weight is 828 g/mol. The summed E-state index contributed by atoms with van der Waals surface area (Å²) >= 11 is -5.14. The SMILES string of the molecule is CC(C)(C)OC(=O)N1CCC(F)(c2ccc(C#N)cc2)CC1.CC(C)(C)OC(=O)N1CCC(O)(c2ccc(C#N)cc2)CC1.COCCN(CCOC)S(F)(F)F. The largest absolute Gasteiger partial charge is 0.444 e. The molecule has 4 rings (SSSR count). The van der Waals surface area contributed by atoms with Crippen LogP contribution in [0.25, 0.3) is 0 Å². The molecule has 0 atom stereocenters. The summed E-state index contributed by atoms with van der Waals surface area (Å²) in [5.41, 5.74) is -1.03. The third kappa shape index (κ3) is 16.7. The number of piperidine rings is 2. The fraction of sp³-hybridized carbons (Fsp3) is 0.600. The molecule has 0 saturated carbocycles. The van der Waals surface area contributed by atoms with Gasteiger partial charge in [0.2, 0.25) is 0 Å². The normalized spacial score (nSPS) is 16.8. The highest BCUT2D eigenvalue weighted by Crippen LogP contribution is 2.56. The highest BCUT2D eigenvalue weighted by atomic mass is 32.3. The van der Waals surface area contributed by atoms with Gasteiger partial charge < -0.3 is 33.9 Å². The Hall–Kier alpha value is -4.13. The number of hydrogen-bond donors (Lipinski definition) is 1. The van der Waals surface area contributed by atoms with Crippen LogP contribution in [0, 0.1) is 22.7 Å². The Bertz CT molecular complexity index is 1520. The highest BCUT2D eigenvalue weighted by molar-refractivity contribution is 8.18. The van der Waals surface area contributed by atoms with Crippen molar-refractivity contribution in [2.45, 2.75) is 89.7 Å². The number of hydrogen-bond acceptors (Lipinski definition) is 10. The zero-order chi connectivity index (χ0) is 43.1. The number of nitriles is 2. The van der Waals surface area contributed by atoms with Gasteiger partial charge in [-0.05, 0) is 89.8 Å². The molecule has 2 heterocycles. The number of aliphatic hydroxyl groups is 1. The van der Waals surface area contributed by atoms with Crippen molar-refractivity contribution in [2.24, 2.45) is 0 Å². The van der Waals surface area contributed by atoms with E-state index in [0.717, 1.165) is 5.56 Å². The summed E-state index contributed by atoms with van der Waals surface area (Å²) < 4.78 is 72.1. The number of amides is 2. The summed E-state index contributed by atoms with van der Waals surface area (Å²) in [6.45, 7) is 12.4. The lowest BCUT2D eigenvalue weighted by molar-refractivity contribution is -0.0356. The van der Waals surface area contributed by atoms with Gasteiger partial charge in [0.15, 0.2) is 0 Å². The molecule has 0 bridgehead atoms. The number of alkyl halides is 1. The van der Waals surface area contributed by atoms with Crippen molar-refractivity contribution in [1.29, 1.82) is 10.5 Å². The lowest BCUT2D eigenvalue weighted by atomic mass is 9.84. The Labute approximate surface area is 336 Å². The van der Waals surface area contributed by atoms with Gasteiger partial charge in [-0.2, -0.15) is 14.8 Å². The lowest BCUT2D eigenvalue weighted by Gasteiger charge is -2.38. The molecule has 0 unspecified atom stereocenters. The molecule has 2 aromatic rings. The first-order valence-corrected chi connectivity index (χ1v) is 19.8. The second-order valence-corrected chi connectivity index (χ2v) is 16.9. The predicted octanol–water partition coefficient (Wildman–Crippen LogP) is 8.49. The van der Waals surface area contributed by atoms with E-state index >= 15 is 4.39 Å². The molecule has 0 spiro atoms. The second kappa shape index (κ2) is 21.6. The molecule has 2 saturated heterocycles. The number of halogens is 4. The molecule has 2 aliphatic heterocycles. The van der Waals surface area contributed by atoms with Crippen molar-refractivity contribution < 1.29 is 49.7 Å². The zero-order valence-electron chi connectivity index (χ0n) is 34.2. The number of benzene rings is 2. The van der Waals surface area contributed by atoms with Gasteiger partial charge in [0.1, 0.15) is 16.9 Å². The van der Waals surface area contributed by atoms with Crippen molar-refractivity contribution >= 4 is 23.6 Å². The summed E-state index contributed by atoms with van der Waals surface area (Å²) in [7, 11) is 2.75. The van der Waals surface area contributed by atoms with E-state index < -0.39 is 39.9 Å². The van der Waals surface area contributed by atoms with E-state index in [9.17, 15) is 26.4 Å². The van der Waals surface area contributed by atoms with Crippen LogP contribution in [0.1, 0.15) is 89.5 Å². The van der Waals surface area contributed by atoms with Crippen LogP contribution in [-0.2, 0) is 30.2 Å². The molecule has 57 heavy (non-hydrogen) atoms. The van der Waals surface area contributed by atoms with E-state index in [0.29, 0.717) is 60.0 Å². The van der Waals surface area contributed by atoms with Gasteiger partial charge in [-0.1, -0.05) is 24.3 Å². The molecular formula is C40H57F4N5O7S. The topological polar surface area (TPSA) is 149 Å². The third-order valence-corrected chi connectivity index (χ3v) is 9.87. The Morgan fingerprint density at radius 1 is 0.719 bits per heavy atom. The van der Waals surface area contributed by atoms with E-state index in [2.05, 4.69) is 15.5 Å². The maximum Gasteiger partial charge on any atom is 0.410 e. The van der Waals surface area contributed by atoms with Crippen LogP contribution in [0.3, 0.4) is 0 Å². The van der Waals surface area contributed by atoms with Gasteiger partial charge >= 0.3 is 12.2 Å². The monoisotopic (exact) mass is 827 g/mol. The van der Waals surface area contributed by atoms with Crippen molar-refractivity contribution in [3.8, 4) is 12.1 Å². The lowest BCUT2D eigenvalue weighted by Crippen LogP contribution is -2.46. The Balaban J connectivity index is 0.000000307. The predicted molar refractivity (Wildman–Crippen MR) is 209 cm³/mol. The Morgan fingerprint density at radius 2 is 1.07 bits per heavy atom. The minimum absolute atomic E-state index is 0.0796. The van der Waals surface area contributed by atoms with Gasteiger partial charge in [0.25, 0.3) is 11.4 Å². The van der Waals surface area contributed by atoms with Crippen LogP contribution in [0.4, 0.5) is 25.6 Å². The first-order chi connectivity index (χ1) is 26.5. The molecule has 17 heteroatoms. The fourth-order valence-electron chi connectivity index (χ4n) is 5.74. The van der Waals surface area contributed by atoms with Crippen molar-refractivity contribution in [3.63, 3.8) is 0 Å². The van der Waals surface area contributed by atoms with E-state index in [-0.39, 0.29) is 45.2 Å². The Morgan fingerprint density at radius 3 is 1.39 bits per heavy atom. The molecular weight excluding hydrogens is 771 g/mol. The molecule has 1 N–H and O–H groups in total. The maximum atomic E-state index is 15.1. The molecule has 12 nitrogen and oxygen atoms in total. The van der Waals surface area contributed by atoms with Gasteiger partial charge in [-0.25, -0.2) is 14.0 Å². The van der Waals surface area contributed by atoms with E-state index in [1.54, 1.807) is 58.3 Å². The summed E-state index contributed by atoms with van der Waals surface area (Å²) in [6.07, 6.45) is 0.649. The first kappa shape index (κ1) is 49.0. The zero-order valence-corrected chi connectivity index (χ0v) is 35.0. The van der Waals surface area contributed by atoms with E-state index in [1.165, 1.54) is 14.2 Å². The molecule has 0 aromatic heterocycles. The van der Waals surface area contributed by atoms with Crippen LogP contribution in [-0.4, -0.2) is 109 Å². The van der Waals surface area contributed by atoms with Crippen LogP contribution in [0.2, 0.25) is 0 Å². The second-order valence-electron chi connectivity index (χ2n) is 15.6. The first-order valence-electron chi connectivity index (χ1n) is 18.5. The van der Waals surface area contributed by atoms with Gasteiger partial charge in [-0.3, -0.25) is 0 Å². The summed E-state index contributed by atoms with van der Waals surface area (Å²) in [6, 6.07) is 17.6. The number of likely N-dealkylation sites (tertiary alicyclic amines) is 2. The van der Waals surface area contributed by atoms with Gasteiger partial charge in [-0.15, -0.1) is 11.7 Å². The molecule has 2 amide bonds. The smallest absolute Gasteiger partial charge is 0.410 e. The van der Waals surface area contributed by atoms with Crippen molar-refractivity contribution in [3.05, 3.63) is 70.8 Å². The molecule has 318 valence electrons.